The van der Waals surface area contributed by atoms with E-state index in [4.69, 9.17) is 12.2 Å². The zero-order chi connectivity index (χ0) is 18.2. The fraction of sp³-hybridized carbons (Fsp3) is 0.286. The molecule has 0 fully saturated rings. The Morgan fingerprint density at radius 1 is 1.40 bits per heavy atom. The van der Waals surface area contributed by atoms with Gasteiger partial charge in [-0.1, -0.05) is 17.4 Å². The summed E-state index contributed by atoms with van der Waals surface area (Å²) < 4.78 is 43.6. The molecule has 1 atom stereocenters. The minimum absolute atomic E-state index is 0.0895. The van der Waals surface area contributed by atoms with E-state index >= 15 is 0 Å². The molecule has 3 rings (SSSR count). The Kier molecular flexibility index (Phi) is 4.60. The number of rotatable bonds is 4. The third kappa shape index (κ3) is 3.56. The van der Waals surface area contributed by atoms with Crippen molar-refractivity contribution < 1.29 is 17.7 Å². The quantitative estimate of drug-likeness (QED) is 0.691. The van der Waals surface area contributed by atoms with Gasteiger partial charge in [-0.2, -0.15) is 23.3 Å². The Morgan fingerprint density at radius 3 is 2.80 bits per heavy atom. The smallest absolute Gasteiger partial charge is 0.379 e. The Hall–Kier alpha value is -2.27. The van der Waals surface area contributed by atoms with E-state index in [0.29, 0.717) is 9.87 Å². The van der Waals surface area contributed by atoms with Crippen molar-refractivity contribution in [2.75, 3.05) is 7.05 Å². The van der Waals surface area contributed by atoms with Gasteiger partial charge in [0.1, 0.15) is 4.99 Å². The predicted molar refractivity (Wildman–Crippen MR) is 89.4 cm³/mol. The van der Waals surface area contributed by atoms with E-state index in [-0.39, 0.29) is 11.9 Å². The molecule has 3 aromatic rings. The summed E-state index contributed by atoms with van der Waals surface area (Å²) in [5, 5.41) is 10.5. The van der Waals surface area contributed by atoms with E-state index in [1.165, 1.54) is 11.3 Å². The van der Waals surface area contributed by atoms with Crippen molar-refractivity contribution in [3.8, 4) is 10.7 Å². The Balaban J connectivity index is 1.82. The van der Waals surface area contributed by atoms with Crippen molar-refractivity contribution in [1.29, 1.82) is 0 Å². The normalized spacial score (nSPS) is 13.0. The summed E-state index contributed by atoms with van der Waals surface area (Å²) >= 11 is 6.43. The van der Waals surface area contributed by atoms with Gasteiger partial charge in [-0.3, -0.25) is 4.68 Å². The van der Waals surface area contributed by atoms with Gasteiger partial charge in [0.05, 0.1) is 17.1 Å². The number of halogens is 3. The molecule has 0 bridgehead atoms. The standard InChI is InChI=1S/C14H12F3N5OS2/c1-7(22-6-8(5-19-22)12(24)18-2)9-3-4-10(25-9)11-20-13(23-21-11)14(15,16)17/h3-7H,1-2H3,(H,18,24). The van der Waals surface area contributed by atoms with Gasteiger partial charge in [0.2, 0.25) is 5.82 Å². The van der Waals surface area contributed by atoms with Gasteiger partial charge in [-0.25, -0.2) is 0 Å². The lowest BCUT2D eigenvalue weighted by Crippen LogP contribution is -2.15. The lowest BCUT2D eigenvalue weighted by molar-refractivity contribution is -0.159. The van der Waals surface area contributed by atoms with E-state index in [2.05, 4.69) is 25.1 Å². The van der Waals surface area contributed by atoms with Gasteiger partial charge in [0.25, 0.3) is 0 Å². The van der Waals surface area contributed by atoms with Crippen LogP contribution in [0.15, 0.2) is 29.0 Å². The zero-order valence-electron chi connectivity index (χ0n) is 13.0. The van der Waals surface area contributed by atoms with Crippen LogP contribution in [0.2, 0.25) is 0 Å². The van der Waals surface area contributed by atoms with Crippen LogP contribution in [0.3, 0.4) is 0 Å². The van der Waals surface area contributed by atoms with Crippen LogP contribution in [0.4, 0.5) is 13.2 Å². The first-order chi connectivity index (χ1) is 11.8. The molecule has 132 valence electrons. The maximum atomic E-state index is 12.5. The molecule has 0 aliphatic carbocycles. The highest BCUT2D eigenvalue weighted by Crippen LogP contribution is 2.34. The van der Waals surface area contributed by atoms with Gasteiger partial charge in [-0.05, 0) is 19.1 Å². The van der Waals surface area contributed by atoms with Gasteiger partial charge >= 0.3 is 12.1 Å². The number of alkyl halides is 3. The second-order valence-corrected chi connectivity index (χ2v) is 6.61. The number of nitrogens with zero attached hydrogens (tertiary/aromatic N) is 4. The van der Waals surface area contributed by atoms with Crippen LogP contribution in [0, 0.1) is 0 Å². The number of thiocarbonyl (C=S) groups is 1. The number of hydrogen-bond donors (Lipinski definition) is 1. The fourth-order valence-electron chi connectivity index (χ4n) is 2.08. The molecule has 3 aromatic heterocycles. The molecule has 11 heteroatoms. The molecule has 25 heavy (non-hydrogen) atoms. The lowest BCUT2D eigenvalue weighted by Gasteiger charge is -2.09. The van der Waals surface area contributed by atoms with Crippen LogP contribution in [0.5, 0.6) is 0 Å². The number of thiophene rings is 1. The second-order valence-electron chi connectivity index (χ2n) is 5.09. The molecular formula is C14H12F3N5OS2. The molecule has 1 unspecified atom stereocenters. The molecule has 0 aliphatic heterocycles. The molecule has 0 saturated heterocycles. The van der Waals surface area contributed by atoms with Crippen LogP contribution in [-0.2, 0) is 6.18 Å². The molecule has 3 heterocycles. The molecular weight excluding hydrogens is 375 g/mol. The molecule has 1 N–H and O–H groups in total. The highest BCUT2D eigenvalue weighted by molar-refractivity contribution is 7.80. The first-order valence-corrected chi connectivity index (χ1v) is 8.29. The summed E-state index contributed by atoms with van der Waals surface area (Å²) in [6.07, 6.45) is -1.20. The summed E-state index contributed by atoms with van der Waals surface area (Å²) in [5.41, 5.74) is 0.786. The molecule has 0 aliphatic rings. The second kappa shape index (κ2) is 6.56. The van der Waals surface area contributed by atoms with E-state index in [1.807, 2.05) is 6.92 Å². The van der Waals surface area contributed by atoms with Crippen molar-refractivity contribution >= 4 is 28.5 Å². The minimum atomic E-state index is -4.66. The fourth-order valence-corrected chi connectivity index (χ4v) is 3.16. The molecule has 6 nitrogen and oxygen atoms in total. The van der Waals surface area contributed by atoms with Crippen molar-refractivity contribution in [1.82, 2.24) is 25.2 Å². The lowest BCUT2D eigenvalue weighted by atomic mass is 10.2. The first-order valence-electron chi connectivity index (χ1n) is 7.07. The van der Waals surface area contributed by atoms with Crippen molar-refractivity contribution in [3.63, 3.8) is 0 Å². The van der Waals surface area contributed by atoms with Gasteiger partial charge < -0.3 is 9.84 Å². The van der Waals surface area contributed by atoms with E-state index in [0.717, 1.165) is 10.4 Å². The largest absolute Gasteiger partial charge is 0.471 e. The average Bonchev–Trinajstić information content (AvgIpc) is 3.31. The number of hydrogen-bond acceptors (Lipinski definition) is 6. The molecule has 0 saturated carbocycles. The zero-order valence-corrected chi connectivity index (χ0v) is 14.7. The van der Waals surface area contributed by atoms with Crippen LogP contribution < -0.4 is 5.32 Å². The van der Waals surface area contributed by atoms with Crippen molar-refractivity contribution in [3.05, 3.63) is 40.9 Å². The topological polar surface area (TPSA) is 68.8 Å². The molecule has 0 radical (unpaired) electrons. The van der Waals surface area contributed by atoms with Crippen LogP contribution in [-0.4, -0.2) is 32.0 Å². The maximum Gasteiger partial charge on any atom is 0.471 e. The maximum absolute atomic E-state index is 12.5. The van der Waals surface area contributed by atoms with Crippen molar-refractivity contribution in [2.24, 2.45) is 0 Å². The van der Waals surface area contributed by atoms with E-state index in [1.54, 1.807) is 36.3 Å². The van der Waals surface area contributed by atoms with E-state index < -0.39 is 12.1 Å². The Morgan fingerprint density at radius 2 is 2.16 bits per heavy atom. The SMILES string of the molecule is CNC(=S)c1cnn(C(C)c2ccc(-c3noc(C(F)(F)F)n3)s2)c1. The first kappa shape index (κ1) is 17.5. The van der Waals surface area contributed by atoms with Gasteiger partial charge in [-0.15, -0.1) is 11.3 Å². The Labute approximate surface area is 149 Å². The summed E-state index contributed by atoms with van der Waals surface area (Å²) in [4.78, 5) is 5.35. The Bertz CT molecular complexity index is 898. The van der Waals surface area contributed by atoms with Crippen LogP contribution >= 0.6 is 23.6 Å². The summed E-state index contributed by atoms with van der Waals surface area (Å²) in [5.74, 6) is -1.45. The average molecular weight is 387 g/mol. The van der Waals surface area contributed by atoms with Gasteiger partial charge in [0.15, 0.2) is 0 Å². The van der Waals surface area contributed by atoms with E-state index in [9.17, 15) is 13.2 Å². The molecule has 0 aromatic carbocycles. The number of nitrogens with one attached hydrogen (secondary N) is 1. The third-order valence-electron chi connectivity index (χ3n) is 3.42. The highest BCUT2D eigenvalue weighted by Gasteiger charge is 2.38. The van der Waals surface area contributed by atoms with Crippen molar-refractivity contribution in [2.45, 2.75) is 19.1 Å². The van der Waals surface area contributed by atoms with Crippen LogP contribution in [0.25, 0.3) is 10.7 Å². The van der Waals surface area contributed by atoms with Crippen LogP contribution in [0.1, 0.15) is 29.3 Å². The highest BCUT2D eigenvalue weighted by atomic mass is 32.1. The third-order valence-corrected chi connectivity index (χ3v) is 5.11. The van der Waals surface area contributed by atoms with Gasteiger partial charge in [0, 0.05) is 23.7 Å². The monoisotopic (exact) mass is 387 g/mol. The molecule has 0 amide bonds. The summed E-state index contributed by atoms with van der Waals surface area (Å²) in [6, 6.07) is 3.33. The number of aromatic nitrogens is 4. The summed E-state index contributed by atoms with van der Waals surface area (Å²) in [6.45, 7) is 1.92. The predicted octanol–water partition coefficient (Wildman–Crippen LogP) is 3.52. The molecule has 0 spiro atoms. The summed E-state index contributed by atoms with van der Waals surface area (Å²) in [7, 11) is 1.73. The minimum Gasteiger partial charge on any atom is -0.379 e.